The molecule has 1 radical (unpaired) electrons. The summed E-state index contributed by atoms with van der Waals surface area (Å²) in [5.41, 5.74) is 6.87. The van der Waals surface area contributed by atoms with Crippen LogP contribution in [0, 0.1) is 19.9 Å². The number of carbonyl (C=O) groups is 1. The summed E-state index contributed by atoms with van der Waals surface area (Å²) in [7, 11) is 0. The van der Waals surface area contributed by atoms with E-state index in [1.165, 1.54) is 36.4 Å². The minimum absolute atomic E-state index is 0. The molecule has 29 heavy (non-hydrogen) atoms. The molecule has 1 aromatic heterocycles. The molecule has 0 unspecified atom stereocenters. The molecule has 0 fully saturated rings. The van der Waals surface area contributed by atoms with Gasteiger partial charge in [0.25, 0.3) is 0 Å². The Hall–Kier alpha value is -2.29. The number of hydrogen-bond donors (Lipinski definition) is 1. The Morgan fingerprint density at radius 3 is 2.24 bits per heavy atom. The standard InChI is InChI=1S/C20H20N.C5H8O2.Ir/c1-13(2)17-6-5-16-7-8-19(21-20(16)12-17)18-10-14(3)9-15(4)11-18;1-4(6)3-5(2)7;/h5-10,12-13H,1-4H3;3,6H,1-2H3;/q-1;;/b;4-3-;. The van der Waals surface area contributed by atoms with Crippen LogP contribution in [0.1, 0.15) is 50.3 Å². The number of allylic oxidation sites excluding steroid dienone is 2. The van der Waals surface area contributed by atoms with Gasteiger partial charge in [0.2, 0.25) is 0 Å². The third-order valence-electron chi connectivity index (χ3n) is 4.22. The van der Waals surface area contributed by atoms with Crippen molar-refractivity contribution >= 4 is 16.7 Å². The van der Waals surface area contributed by atoms with E-state index < -0.39 is 0 Å². The molecule has 0 aliphatic carbocycles. The second kappa shape index (κ2) is 11.0. The molecule has 1 N–H and O–H groups in total. The molecule has 155 valence electrons. The molecule has 0 saturated carbocycles. The topological polar surface area (TPSA) is 50.2 Å². The van der Waals surface area contributed by atoms with Gasteiger partial charge in [-0.2, -0.15) is 0 Å². The molecular weight excluding hydrogens is 538 g/mol. The zero-order chi connectivity index (χ0) is 20.8. The summed E-state index contributed by atoms with van der Waals surface area (Å²) < 4.78 is 0. The number of ketones is 1. The van der Waals surface area contributed by atoms with Gasteiger partial charge in [0.05, 0.1) is 11.3 Å². The fourth-order valence-electron chi connectivity index (χ4n) is 2.97. The summed E-state index contributed by atoms with van der Waals surface area (Å²) in [4.78, 5) is 14.9. The van der Waals surface area contributed by atoms with Crippen molar-refractivity contribution in [3.63, 3.8) is 0 Å². The molecule has 0 saturated heterocycles. The van der Waals surface area contributed by atoms with Gasteiger partial charge in [-0.25, -0.2) is 0 Å². The van der Waals surface area contributed by atoms with Crippen LogP contribution in [-0.4, -0.2) is 15.9 Å². The smallest absolute Gasteiger partial charge is 0.155 e. The largest absolute Gasteiger partial charge is 0.512 e. The fraction of sp³-hybridized carbons (Fsp3) is 0.280. The van der Waals surface area contributed by atoms with Gasteiger partial charge in [0, 0.05) is 26.2 Å². The number of fused-ring (bicyclic) bond motifs is 1. The van der Waals surface area contributed by atoms with Crippen molar-refractivity contribution in [2.75, 3.05) is 0 Å². The normalized spacial score (nSPS) is 10.9. The minimum Gasteiger partial charge on any atom is -0.512 e. The summed E-state index contributed by atoms with van der Waals surface area (Å²) in [5, 5.41) is 9.55. The second-order valence-corrected chi connectivity index (χ2v) is 7.45. The summed E-state index contributed by atoms with van der Waals surface area (Å²) >= 11 is 0. The van der Waals surface area contributed by atoms with Gasteiger partial charge in [-0.3, -0.25) is 9.78 Å². The zero-order valence-corrected chi connectivity index (χ0v) is 20.2. The van der Waals surface area contributed by atoms with Crippen molar-refractivity contribution < 1.29 is 30.0 Å². The van der Waals surface area contributed by atoms with Gasteiger partial charge >= 0.3 is 0 Å². The van der Waals surface area contributed by atoms with E-state index in [0.29, 0.717) is 5.92 Å². The van der Waals surface area contributed by atoms with Crippen LogP contribution in [0.4, 0.5) is 0 Å². The molecule has 3 rings (SSSR count). The number of aromatic nitrogens is 1. The van der Waals surface area contributed by atoms with Crippen LogP contribution in [0.5, 0.6) is 0 Å². The van der Waals surface area contributed by atoms with Crippen molar-refractivity contribution in [1.29, 1.82) is 0 Å². The summed E-state index contributed by atoms with van der Waals surface area (Å²) in [6.07, 6.45) is 1.17. The van der Waals surface area contributed by atoms with Gasteiger partial charge in [0.1, 0.15) is 0 Å². The first-order chi connectivity index (χ1) is 13.2. The van der Waals surface area contributed by atoms with Crippen LogP contribution < -0.4 is 0 Å². The molecule has 3 aromatic rings. The molecule has 0 spiro atoms. The molecule has 3 nitrogen and oxygen atoms in total. The molecule has 4 heteroatoms. The Kier molecular flexibility index (Phi) is 9.42. The molecular formula is C25H28IrNO2-. The molecule has 2 aromatic carbocycles. The molecule has 0 aliphatic rings. The van der Waals surface area contributed by atoms with Crippen LogP contribution >= 0.6 is 0 Å². The Labute approximate surface area is 187 Å². The van der Waals surface area contributed by atoms with Crippen molar-refractivity contribution in [3.8, 4) is 11.3 Å². The number of nitrogens with zero attached hydrogens (tertiary/aromatic N) is 1. The van der Waals surface area contributed by atoms with Crippen molar-refractivity contribution in [2.24, 2.45) is 0 Å². The maximum Gasteiger partial charge on any atom is 0.155 e. The Balaban J connectivity index is 0.000000456. The summed E-state index contributed by atoms with van der Waals surface area (Å²) in [6.45, 7) is 11.5. The molecule has 0 amide bonds. The Morgan fingerprint density at radius 2 is 1.72 bits per heavy atom. The minimum atomic E-state index is -0.125. The fourth-order valence-corrected chi connectivity index (χ4v) is 2.97. The average molecular weight is 567 g/mol. The average Bonchev–Trinajstić information content (AvgIpc) is 2.59. The van der Waals surface area contributed by atoms with Crippen molar-refractivity contribution in [1.82, 2.24) is 4.98 Å². The van der Waals surface area contributed by atoms with E-state index in [4.69, 9.17) is 10.1 Å². The van der Waals surface area contributed by atoms with Gasteiger partial charge < -0.3 is 5.11 Å². The van der Waals surface area contributed by atoms with Gasteiger partial charge in [-0.1, -0.05) is 52.0 Å². The first-order valence-electron chi connectivity index (χ1n) is 9.45. The molecule has 0 atom stereocenters. The van der Waals surface area contributed by atoms with E-state index in [1.54, 1.807) is 0 Å². The van der Waals surface area contributed by atoms with Crippen LogP contribution in [0.25, 0.3) is 22.2 Å². The predicted octanol–water partition coefficient (Wildman–Crippen LogP) is 6.48. The van der Waals surface area contributed by atoms with Crippen LogP contribution in [0.3, 0.4) is 0 Å². The third-order valence-corrected chi connectivity index (χ3v) is 4.22. The van der Waals surface area contributed by atoms with Crippen molar-refractivity contribution in [3.05, 3.63) is 77.1 Å². The molecule has 0 bridgehead atoms. The first kappa shape index (κ1) is 24.7. The van der Waals surface area contributed by atoms with Gasteiger partial charge in [-0.15, -0.1) is 34.9 Å². The summed E-state index contributed by atoms with van der Waals surface area (Å²) in [6, 6.07) is 18.5. The van der Waals surface area contributed by atoms with E-state index >= 15 is 0 Å². The molecule has 0 aliphatic heterocycles. The predicted molar refractivity (Wildman–Crippen MR) is 117 cm³/mol. The van der Waals surface area contributed by atoms with Crippen LogP contribution in [0.15, 0.2) is 54.3 Å². The number of hydrogen-bond acceptors (Lipinski definition) is 3. The van der Waals surface area contributed by atoms with E-state index in [9.17, 15) is 4.79 Å². The molecule has 1 heterocycles. The van der Waals surface area contributed by atoms with Gasteiger partial charge in [0.15, 0.2) is 5.78 Å². The number of aryl methyl sites for hydroxylation is 2. The third kappa shape index (κ3) is 7.56. The number of benzene rings is 2. The number of pyridine rings is 1. The number of aliphatic hydroxyl groups excluding tert-OH is 1. The van der Waals surface area contributed by atoms with Crippen LogP contribution in [-0.2, 0) is 24.9 Å². The van der Waals surface area contributed by atoms with E-state index in [1.807, 2.05) is 0 Å². The van der Waals surface area contributed by atoms with E-state index in [-0.39, 0.29) is 31.6 Å². The number of aliphatic hydroxyl groups is 1. The first-order valence-corrected chi connectivity index (χ1v) is 9.45. The number of carbonyl (C=O) groups excluding carboxylic acids is 1. The quantitative estimate of drug-likeness (QED) is 0.224. The maximum absolute atomic E-state index is 10.0. The SMILES string of the molecule is CC(=O)/C=C(/C)O.Cc1[c-]c(-c2ccc3ccc(C(C)C)cc3n2)cc(C)c1.[Ir]. The van der Waals surface area contributed by atoms with Crippen molar-refractivity contribution in [2.45, 2.75) is 47.5 Å². The number of rotatable bonds is 3. The van der Waals surface area contributed by atoms with Gasteiger partial charge in [-0.05, 0) is 42.5 Å². The monoisotopic (exact) mass is 567 g/mol. The summed E-state index contributed by atoms with van der Waals surface area (Å²) in [5.74, 6) is 0.458. The Morgan fingerprint density at radius 1 is 1.07 bits per heavy atom. The Bertz CT molecular complexity index is 998. The van der Waals surface area contributed by atoms with E-state index in [0.717, 1.165) is 22.3 Å². The maximum atomic E-state index is 10.0. The van der Waals surface area contributed by atoms with E-state index in [2.05, 4.69) is 76.2 Å². The second-order valence-electron chi connectivity index (χ2n) is 7.45. The van der Waals surface area contributed by atoms with Crippen LogP contribution in [0.2, 0.25) is 0 Å². The zero-order valence-electron chi connectivity index (χ0n) is 17.8.